The van der Waals surface area contributed by atoms with E-state index in [2.05, 4.69) is 16.7 Å². The quantitative estimate of drug-likeness (QED) is 0.798. The average molecular weight is 288 g/mol. The van der Waals surface area contributed by atoms with Gasteiger partial charge in [0.15, 0.2) is 0 Å². The summed E-state index contributed by atoms with van der Waals surface area (Å²) >= 11 is 0. The van der Waals surface area contributed by atoms with E-state index in [1.807, 2.05) is 24.3 Å². The first-order valence-corrected chi connectivity index (χ1v) is 7.83. The highest BCUT2D eigenvalue weighted by atomic mass is 16.5. The maximum Gasteiger partial charge on any atom is 0.338 e. The molecule has 2 saturated heterocycles. The highest BCUT2D eigenvalue weighted by Gasteiger charge is 2.34. The van der Waals surface area contributed by atoms with Gasteiger partial charge in [0.1, 0.15) is 0 Å². The zero-order chi connectivity index (χ0) is 14.8. The summed E-state index contributed by atoms with van der Waals surface area (Å²) in [7, 11) is 1.44. The van der Waals surface area contributed by atoms with Crippen molar-refractivity contribution in [3.8, 4) is 0 Å². The van der Waals surface area contributed by atoms with Gasteiger partial charge < -0.3 is 4.74 Å². The van der Waals surface area contributed by atoms with Crippen molar-refractivity contribution in [1.29, 1.82) is 0 Å². The minimum absolute atomic E-state index is 0.238. The van der Waals surface area contributed by atoms with E-state index < -0.39 is 0 Å². The fourth-order valence-electron chi connectivity index (χ4n) is 3.65. The van der Waals surface area contributed by atoms with Crippen molar-refractivity contribution >= 4 is 5.97 Å². The van der Waals surface area contributed by atoms with Crippen LogP contribution in [0, 0.1) is 0 Å². The minimum Gasteiger partial charge on any atom is -0.465 e. The largest absolute Gasteiger partial charge is 0.465 e. The lowest BCUT2D eigenvalue weighted by atomic mass is 10.0. The molecule has 2 aliphatic rings. The van der Waals surface area contributed by atoms with E-state index in [-0.39, 0.29) is 5.97 Å². The van der Waals surface area contributed by atoms with Gasteiger partial charge in [-0.3, -0.25) is 9.80 Å². The van der Waals surface area contributed by atoms with Gasteiger partial charge in [-0.05, 0) is 37.9 Å². The third-order valence-electron chi connectivity index (χ3n) is 4.86. The van der Waals surface area contributed by atoms with E-state index in [9.17, 15) is 4.79 Å². The number of hydrogen-bond donors (Lipinski definition) is 0. The molecule has 21 heavy (non-hydrogen) atoms. The highest BCUT2D eigenvalue weighted by molar-refractivity contribution is 5.90. The zero-order valence-electron chi connectivity index (χ0n) is 12.9. The summed E-state index contributed by atoms with van der Waals surface area (Å²) in [4.78, 5) is 17.0. The molecule has 0 aliphatic carbocycles. The third kappa shape index (κ3) is 2.97. The molecule has 2 aliphatic heterocycles. The van der Waals surface area contributed by atoms with Crippen LogP contribution in [-0.4, -0.2) is 54.6 Å². The van der Waals surface area contributed by atoms with Crippen molar-refractivity contribution in [3.63, 3.8) is 0 Å². The Kier molecular flexibility index (Phi) is 4.27. The first-order chi connectivity index (χ1) is 10.2. The minimum atomic E-state index is -0.238. The Balaban J connectivity index is 1.75. The Labute approximate surface area is 126 Å². The average Bonchev–Trinajstić information content (AvgIpc) is 2.94. The summed E-state index contributed by atoms with van der Waals surface area (Å²) in [6.45, 7) is 6.62. The second-order valence-corrected chi connectivity index (χ2v) is 6.22. The summed E-state index contributed by atoms with van der Waals surface area (Å²) < 4.78 is 4.90. The number of ether oxygens (including phenoxy) is 1. The van der Waals surface area contributed by atoms with Crippen LogP contribution in [0.5, 0.6) is 0 Å². The SMILES string of the molecule is COC(=O)c1ccccc1CN1CC2CCCN2CC1C. The van der Waals surface area contributed by atoms with Crippen LogP contribution in [0.2, 0.25) is 0 Å². The maximum absolute atomic E-state index is 11.9. The summed E-state index contributed by atoms with van der Waals surface area (Å²) in [5.41, 5.74) is 1.77. The normalized spacial score (nSPS) is 26.6. The van der Waals surface area contributed by atoms with Crippen LogP contribution < -0.4 is 0 Å². The lowest BCUT2D eigenvalue weighted by Gasteiger charge is -2.42. The van der Waals surface area contributed by atoms with Gasteiger partial charge in [-0.25, -0.2) is 4.79 Å². The standard InChI is InChI=1S/C17H24N2O2/c1-13-10-18-9-5-7-15(18)12-19(13)11-14-6-3-4-8-16(14)17(20)21-2/h3-4,6,8,13,15H,5,7,9-12H2,1-2H3. The molecule has 0 aromatic heterocycles. The molecule has 2 atom stereocenters. The summed E-state index contributed by atoms with van der Waals surface area (Å²) in [6, 6.07) is 9.03. The number of fused-ring (bicyclic) bond motifs is 1. The van der Waals surface area contributed by atoms with Crippen LogP contribution in [0.4, 0.5) is 0 Å². The second kappa shape index (κ2) is 6.16. The lowest BCUT2D eigenvalue weighted by molar-refractivity contribution is 0.0519. The number of methoxy groups -OCH3 is 1. The van der Waals surface area contributed by atoms with Gasteiger partial charge in [0.2, 0.25) is 0 Å². The molecular weight excluding hydrogens is 264 g/mol. The number of hydrogen-bond acceptors (Lipinski definition) is 4. The van der Waals surface area contributed by atoms with E-state index in [0.717, 1.165) is 25.2 Å². The molecule has 0 radical (unpaired) electrons. The van der Waals surface area contributed by atoms with Crippen LogP contribution in [-0.2, 0) is 11.3 Å². The van der Waals surface area contributed by atoms with Crippen LogP contribution in [0.15, 0.2) is 24.3 Å². The summed E-state index contributed by atoms with van der Waals surface area (Å²) in [6.07, 6.45) is 2.63. The molecule has 2 unspecified atom stereocenters. The van der Waals surface area contributed by atoms with Gasteiger partial charge in [0, 0.05) is 31.7 Å². The van der Waals surface area contributed by atoms with Gasteiger partial charge in [-0.1, -0.05) is 18.2 Å². The second-order valence-electron chi connectivity index (χ2n) is 6.22. The molecule has 2 fully saturated rings. The Hall–Kier alpha value is -1.39. The monoisotopic (exact) mass is 288 g/mol. The predicted molar refractivity (Wildman–Crippen MR) is 82.2 cm³/mol. The number of rotatable bonds is 3. The topological polar surface area (TPSA) is 32.8 Å². The van der Waals surface area contributed by atoms with Gasteiger partial charge in [-0.15, -0.1) is 0 Å². The Morgan fingerprint density at radius 1 is 1.33 bits per heavy atom. The first-order valence-electron chi connectivity index (χ1n) is 7.83. The number of piperazine rings is 1. The lowest BCUT2D eigenvalue weighted by Crippen LogP contribution is -2.54. The molecule has 114 valence electrons. The van der Waals surface area contributed by atoms with E-state index in [0.29, 0.717) is 17.6 Å². The predicted octanol–water partition coefficient (Wildman–Crippen LogP) is 2.14. The fraction of sp³-hybridized carbons (Fsp3) is 0.588. The number of nitrogens with zero attached hydrogens (tertiary/aromatic N) is 2. The van der Waals surface area contributed by atoms with Crippen LogP contribution in [0.25, 0.3) is 0 Å². The van der Waals surface area contributed by atoms with Crippen LogP contribution in [0.3, 0.4) is 0 Å². The fourth-order valence-corrected chi connectivity index (χ4v) is 3.65. The van der Waals surface area contributed by atoms with Crippen molar-refractivity contribution in [1.82, 2.24) is 9.80 Å². The van der Waals surface area contributed by atoms with E-state index >= 15 is 0 Å². The molecular formula is C17H24N2O2. The van der Waals surface area contributed by atoms with E-state index in [1.165, 1.54) is 26.5 Å². The first kappa shape index (κ1) is 14.5. The molecule has 1 aromatic carbocycles. The molecule has 0 saturated carbocycles. The zero-order valence-corrected chi connectivity index (χ0v) is 12.9. The van der Waals surface area contributed by atoms with Crippen LogP contribution >= 0.6 is 0 Å². The molecule has 0 bridgehead atoms. The molecule has 0 amide bonds. The molecule has 0 spiro atoms. The Morgan fingerprint density at radius 2 is 2.14 bits per heavy atom. The molecule has 4 heteroatoms. The van der Waals surface area contributed by atoms with E-state index in [1.54, 1.807) is 0 Å². The smallest absolute Gasteiger partial charge is 0.338 e. The molecule has 0 N–H and O–H groups in total. The van der Waals surface area contributed by atoms with Crippen molar-refractivity contribution in [2.75, 3.05) is 26.7 Å². The van der Waals surface area contributed by atoms with Gasteiger partial charge in [0.05, 0.1) is 12.7 Å². The summed E-state index contributed by atoms with van der Waals surface area (Å²) in [5.74, 6) is -0.238. The highest BCUT2D eigenvalue weighted by Crippen LogP contribution is 2.26. The van der Waals surface area contributed by atoms with Gasteiger partial charge in [-0.2, -0.15) is 0 Å². The summed E-state index contributed by atoms with van der Waals surface area (Å²) in [5, 5.41) is 0. The Bertz CT molecular complexity index is 517. The van der Waals surface area contributed by atoms with Crippen molar-refractivity contribution in [2.24, 2.45) is 0 Å². The Morgan fingerprint density at radius 3 is 2.95 bits per heavy atom. The third-order valence-corrected chi connectivity index (χ3v) is 4.86. The molecule has 4 nitrogen and oxygen atoms in total. The van der Waals surface area contributed by atoms with Crippen LogP contribution in [0.1, 0.15) is 35.7 Å². The van der Waals surface area contributed by atoms with Crippen molar-refractivity contribution < 1.29 is 9.53 Å². The van der Waals surface area contributed by atoms with Gasteiger partial charge in [0.25, 0.3) is 0 Å². The molecule has 1 aromatic rings. The molecule has 3 rings (SSSR count). The maximum atomic E-state index is 11.9. The van der Waals surface area contributed by atoms with Crippen molar-refractivity contribution in [2.45, 2.75) is 38.4 Å². The number of carbonyl (C=O) groups excluding carboxylic acids is 1. The van der Waals surface area contributed by atoms with E-state index in [4.69, 9.17) is 4.74 Å². The number of carbonyl (C=O) groups is 1. The number of benzene rings is 1. The number of esters is 1. The van der Waals surface area contributed by atoms with Crippen molar-refractivity contribution in [3.05, 3.63) is 35.4 Å². The van der Waals surface area contributed by atoms with Gasteiger partial charge >= 0.3 is 5.97 Å². The molecule has 2 heterocycles.